The van der Waals surface area contributed by atoms with Gasteiger partial charge in [-0.3, -0.25) is 4.98 Å². The zero-order valence-electron chi connectivity index (χ0n) is 6.80. The lowest BCUT2D eigenvalue weighted by Crippen LogP contribution is -2.01. The van der Waals surface area contributed by atoms with Crippen molar-refractivity contribution >= 4 is 22.5 Å². The highest BCUT2D eigenvalue weighted by atomic mass is 33.1. The van der Waals surface area contributed by atoms with Gasteiger partial charge in [-0.2, -0.15) is 0 Å². The van der Waals surface area contributed by atoms with Crippen molar-refractivity contribution in [2.24, 2.45) is 0 Å². The van der Waals surface area contributed by atoms with Crippen LogP contribution >= 0.6 is 22.5 Å². The van der Waals surface area contributed by atoms with Crippen LogP contribution in [0.15, 0.2) is 24.5 Å². The van der Waals surface area contributed by atoms with E-state index in [-0.39, 0.29) is 5.44 Å². The van der Waals surface area contributed by atoms with Gasteiger partial charge < -0.3 is 4.74 Å². The van der Waals surface area contributed by atoms with E-state index in [4.69, 9.17) is 4.74 Å². The Morgan fingerprint density at radius 3 is 3.17 bits per heavy atom. The maximum Gasteiger partial charge on any atom is 0.110 e. The van der Waals surface area contributed by atoms with Crippen LogP contribution in [0.5, 0.6) is 0 Å². The fraction of sp³-hybridized carbons (Fsp3) is 0.375. The van der Waals surface area contributed by atoms with E-state index in [9.17, 15) is 0 Å². The molecule has 1 rings (SSSR count). The lowest BCUT2D eigenvalue weighted by molar-refractivity contribution is 0.111. The summed E-state index contributed by atoms with van der Waals surface area (Å²) in [4.78, 5) is 3.98. The Labute approximate surface area is 81.5 Å². The van der Waals surface area contributed by atoms with Crippen LogP contribution in [0.3, 0.4) is 0 Å². The van der Waals surface area contributed by atoms with Crippen molar-refractivity contribution in [3.8, 4) is 0 Å². The average Bonchev–Trinajstić information content (AvgIpc) is 2.16. The molecule has 4 heteroatoms. The summed E-state index contributed by atoms with van der Waals surface area (Å²) >= 11 is 4.04. The number of pyridine rings is 1. The van der Waals surface area contributed by atoms with E-state index in [1.165, 1.54) is 10.8 Å². The zero-order chi connectivity index (χ0) is 8.81. The van der Waals surface area contributed by atoms with Crippen molar-refractivity contribution in [3.05, 3.63) is 30.1 Å². The summed E-state index contributed by atoms with van der Waals surface area (Å²) in [6, 6.07) is 3.89. The number of thiol groups is 1. The molecule has 1 aromatic heterocycles. The molecule has 0 aliphatic heterocycles. The molecule has 0 N–H and O–H groups in total. The first-order chi connectivity index (χ1) is 5.83. The number of ether oxygens (including phenoxy) is 1. The van der Waals surface area contributed by atoms with Crippen LogP contribution in [0.25, 0.3) is 0 Å². The van der Waals surface area contributed by atoms with Gasteiger partial charge in [-0.25, -0.2) is 0 Å². The van der Waals surface area contributed by atoms with Crippen LogP contribution < -0.4 is 0 Å². The number of aromatic nitrogens is 1. The molecule has 0 spiro atoms. The summed E-state index contributed by atoms with van der Waals surface area (Å²) in [5, 5.41) is 0. The van der Waals surface area contributed by atoms with Crippen LogP contribution in [0.4, 0.5) is 0 Å². The third-order valence-corrected chi connectivity index (χ3v) is 2.68. The first-order valence-corrected chi connectivity index (χ1v) is 5.57. The van der Waals surface area contributed by atoms with Crippen molar-refractivity contribution in [1.82, 2.24) is 4.98 Å². The van der Waals surface area contributed by atoms with Gasteiger partial charge >= 0.3 is 0 Å². The molecular formula is C8H11NOS2. The Kier molecular flexibility index (Phi) is 4.50. The van der Waals surface area contributed by atoms with E-state index in [2.05, 4.69) is 16.6 Å². The topological polar surface area (TPSA) is 22.1 Å². The summed E-state index contributed by atoms with van der Waals surface area (Å²) in [5.74, 6) is 0. The van der Waals surface area contributed by atoms with Crippen LogP contribution in [-0.4, -0.2) is 10.4 Å². The highest BCUT2D eigenvalue weighted by molar-refractivity contribution is 8.68. The van der Waals surface area contributed by atoms with Gasteiger partial charge in [0.15, 0.2) is 0 Å². The Bertz CT molecular complexity index is 218. The SMILES string of the molecule is CC(OCc1cccnc1)SS. The van der Waals surface area contributed by atoms with E-state index < -0.39 is 0 Å². The van der Waals surface area contributed by atoms with E-state index in [1.807, 2.05) is 19.1 Å². The third kappa shape index (κ3) is 3.47. The third-order valence-electron chi connectivity index (χ3n) is 1.36. The second-order valence-electron chi connectivity index (χ2n) is 2.35. The molecule has 0 radical (unpaired) electrons. The van der Waals surface area contributed by atoms with Crippen LogP contribution in [-0.2, 0) is 11.3 Å². The van der Waals surface area contributed by atoms with Gasteiger partial charge in [0, 0.05) is 12.4 Å². The molecule has 0 aliphatic carbocycles. The monoisotopic (exact) mass is 201 g/mol. The predicted octanol–water partition coefficient (Wildman–Crippen LogP) is 2.52. The normalized spacial score (nSPS) is 12.8. The van der Waals surface area contributed by atoms with Crippen molar-refractivity contribution < 1.29 is 4.74 Å². The minimum absolute atomic E-state index is 0.119. The number of hydrogen-bond acceptors (Lipinski definition) is 4. The summed E-state index contributed by atoms with van der Waals surface area (Å²) in [5.41, 5.74) is 1.21. The first-order valence-electron chi connectivity index (χ1n) is 3.63. The molecule has 1 unspecified atom stereocenters. The highest BCUT2D eigenvalue weighted by Crippen LogP contribution is 2.16. The molecule has 0 aliphatic rings. The molecule has 1 atom stereocenters. The molecule has 0 bridgehead atoms. The molecule has 12 heavy (non-hydrogen) atoms. The minimum atomic E-state index is 0.119. The van der Waals surface area contributed by atoms with Crippen molar-refractivity contribution in [2.45, 2.75) is 19.0 Å². The Morgan fingerprint density at radius 1 is 1.75 bits per heavy atom. The zero-order valence-corrected chi connectivity index (χ0v) is 8.52. The van der Waals surface area contributed by atoms with E-state index in [1.54, 1.807) is 12.4 Å². The Balaban J connectivity index is 2.33. The summed E-state index contributed by atoms with van der Waals surface area (Å²) in [6.07, 6.45) is 3.55. The standard InChI is InChI=1S/C8H11NOS2/c1-7(12-11)10-6-8-3-2-4-9-5-8/h2-5,7,11H,6H2,1H3. The molecule has 0 saturated carbocycles. The average molecular weight is 201 g/mol. The van der Waals surface area contributed by atoms with Crippen LogP contribution in [0.1, 0.15) is 12.5 Å². The fourth-order valence-electron chi connectivity index (χ4n) is 0.728. The van der Waals surface area contributed by atoms with Gasteiger partial charge in [-0.05, 0) is 18.6 Å². The largest absolute Gasteiger partial charge is 0.362 e. The second-order valence-corrected chi connectivity index (χ2v) is 3.85. The smallest absolute Gasteiger partial charge is 0.110 e. The van der Waals surface area contributed by atoms with E-state index in [0.717, 1.165) is 5.56 Å². The maximum atomic E-state index is 5.42. The summed E-state index contributed by atoms with van der Waals surface area (Å²) < 4.78 is 5.42. The molecule has 0 saturated heterocycles. The molecule has 1 aromatic rings. The maximum absolute atomic E-state index is 5.42. The molecule has 0 fully saturated rings. The van der Waals surface area contributed by atoms with Crippen molar-refractivity contribution in [2.75, 3.05) is 0 Å². The minimum Gasteiger partial charge on any atom is -0.362 e. The molecule has 0 aromatic carbocycles. The Hall–Kier alpha value is -0.190. The lowest BCUT2D eigenvalue weighted by Gasteiger charge is -2.08. The molecule has 66 valence electrons. The summed E-state index contributed by atoms with van der Waals surface area (Å²) in [7, 11) is 1.40. The molecular weight excluding hydrogens is 190 g/mol. The van der Waals surface area contributed by atoms with Crippen molar-refractivity contribution in [3.63, 3.8) is 0 Å². The van der Waals surface area contributed by atoms with Gasteiger partial charge in [-0.15, -0.1) is 11.7 Å². The van der Waals surface area contributed by atoms with E-state index in [0.29, 0.717) is 6.61 Å². The van der Waals surface area contributed by atoms with Gasteiger partial charge in [-0.1, -0.05) is 16.9 Å². The van der Waals surface area contributed by atoms with Crippen molar-refractivity contribution in [1.29, 1.82) is 0 Å². The molecule has 2 nitrogen and oxygen atoms in total. The summed E-state index contributed by atoms with van der Waals surface area (Å²) in [6.45, 7) is 2.57. The number of hydrogen-bond donors (Lipinski definition) is 1. The van der Waals surface area contributed by atoms with Gasteiger partial charge in [0.1, 0.15) is 5.44 Å². The molecule has 1 heterocycles. The van der Waals surface area contributed by atoms with E-state index >= 15 is 0 Å². The first kappa shape index (κ1) is 9.89. The van der Waals surface area contributed by atoms with Gasteiger partial charge in [0.2, 0.25) is 0 Å². The number of nitrogens with zero attached hydrogens (tertiary/aromatic N) is 1. The van der Waals surface area contributed by atoms with Gasteiger partial charge in [0.05, 0.1) is 6.61 Å². The number of rotatable bonds is 4. The Morgan fingerprint density at radius 2 is 2.58 bits per heavy atom. The fourth-order valence-corrected chi connectivity index (χ4v) is 1.04. The van der Waals surface area contributed by atoms with Crippen LogP contribution in [0.2, 0.25) is 0 Å². The predicted molar refractivity (Wildman–Crippen MR) is 55.1 cm³/mol. The quantitative estimate of drug-likeness (QED) is 0.460. The second kappa shape index (κ2) is 5.45. The van der Waals surface area contributed by atoms with Crippen LogP contribution in [0, 0.1) is 0 Å². The molecule has 0 amide bonds. The highest BCUT2D eigenvalue weighted by Gasteiger charge is 1.99. The van der Waals surface area contributed by atoms with Gasteiger partial charge in [0.25, 0.3) is 0 Å². The lowest BCUT2D eigenvalue weighted by atomic mass is 10.3.